The summed E-state index contributed by atoms with van der Waals surface area (Å²) in [4.78, 5) is 13.2. The van der Waals surface area contributed by atoms with E-state index in [9.17, 15) is 13.2 Å². The van der Waals surface area contributed by atoms with Crippen LogP contribution >= 0.6 is 15.9 Å². The molecular weight excluding hydrogens is 456 g/mol. The van der Waals surface area contributed by atoms with E-state index >= 15 is 0 Å². The van der Waals surface area contributed by atoms with Crippen LogP contribution in [-0.4, -0.2) is 45.5 Å². The number of hydrogen-bond acceptors (Lipinski definition) is 5. The first-order valence-electron chi connectivity index (χ1n) is 10.2. The largest absolute Gasteiger partial charge is 0.359 e. The molecule has 3 fully saturated rings. The second kappa shape index (κ2) is 7.32. The molecule has 4 atom stereocenters. The normalized spacial score (nSPS) is 33.6. The highest BCUT2D eigenvalue weighted by Gasteiger charge is 2.59. The Hall–Kier alpha value is -0.960. The Morgan fingerprint density at radius 1 is 1.31 bits per heavy atom. The van der Waals surface area contributed by atoms with Gasteiger partial charge in [0.25, 0.3) is 5.91 Å². The van der Waals surface area contributed by atoms with Crippen LogP contribution in [0.3, 0.4) is 0 Å². The average molecular weight is 485 g/mol. The fourth-order valence-corrected chi connectivity index (χ4v) is 8.07. The summed E-state index contributed by atoms with van der Waals surface area (Å²) in [6.07, 6.45) is 3.47. The van der Waals surface area contributed by atoms with Crippen LogP contribution in [0.1, 0.15) is 50.4 Å². The Balaban J connectivity index is 1.60. The molecule has 29 heavy (non-hydrogen) atoms. The highest BCUT2D eigenvalue weighted by molar-refractivity contribution is 9.10. The van der Waals surface area contributed by atoms with E-state index in [0.717, 1.165) is 12.8 Å². The summed E-state index contributed by atoms with van der Waals surface area (Å²) in [5.74, 6) is 0.401. The van der Waals surface area contributed by atoms with Crippen LogP contribution in [0.15, 0.2) is 27.6 Å². The summed E-state index contributed by atoms with van der Waals surface area (Å²) in [6.45, 7) is 7.94. The quantitative estimate of drug-likeness (QED) is 0.685. The van der Waals surface area contributed by atoms with Crippen molar-refractivity contribution >= 4 is 31.7 Å². The van der Waals surface area contributed by atoms with E-state index in [2.05, 4.69) is 47.3 Å². The van der Waals surface area contributed by atoms with E-state index in [1.165, 1.54) is 12.5 Å². The lowest BCUT2D eigenvalue weighted by atomic mass is 9.68. The van der Waals surface area contributed by atoms with Gasteiger partial charge in [0.05, 0.1) is 11.5 Å². The monoisotopic (exact) mass is 484 g/mol. The lowest BCUT2D eigenvalue weighted by Crippen LogP contribution is -2.52. The molecule has 1 aromatic rings. The molecule has 2 saturated carbocycles. The summed E-state index contributed by atoms with van der Waals surface area (Å²) < 4.78 is 32.0. The van der Waals surface area contributed by atoms with Crippen LogP contribution in [-0.2, 0) is 14.6 Å². The minimum Gasteiger partial charge on any atom is -0.359 e. The number of halogens is 1. The van der Waals surface area contributed by atoms with Gasteiger partial charge in [-0.1, -0.05) is 20.8 Å². The predicted octanol–water partition coefficient (Wildman–Crippen LogP) is 3.11. The van der Waals surface area contributed by atoms with Crippen molar-refractivity contribution in [3.63, 3.8) is 0 Å². The molecule has 4 rings (SSSR count). The zero-order valence-corrected chi connectivity index (χ0v) is 19.5. The molecule has 1 saturated heterocycles. The number of nitrogens with one attached hydrogen (secondary N) is 2. The zero-order chi connectivity index (χ0) is 21.0. The molecule has 3 aliphatic rings. The number of amides is 1. The molecule has 0 spiro atoms. The molecule has 2 bridgehead atoms. The molecule has 2 N–H and O–H groups in total. The molecule has 0 aromatic heterocycles. The first kappa shape index (κ1) is 21.3. The molecule has 2 unspecified atom stereocenters. The van der Waals surface area contributed by atoms with Gasteiger partial charge in [-0.15, -0.1) is 0 Å². The molecule has 2 aliphatic carbocycles. The summed E-state index contributed by atoms with van der Waals surface area (Å²) in [5, 5.41) is 6.29. The number of rotatable bonds is 4. The Kier molecular flexibility index (Phi) is 5.37. The summed E-state index contributed by atoms with van der Waals surface area (Å²) in [7, 11) is -3.73. The van der Waals surface area contributed by atoms with E-state index in [1.54, 1.807) is 12.1 Å². The van der Waals surface area contributed by atoms with Crippen molar-refractivity contribution in [1.82, 2.24) is 10.6 Å². The van der Waals surface area contributed by atoms with Gasteiger partial charge in [0.1, 0.15) is 0 Å². The minimum absolute atomic E-state index is 0.0362. The highest BCUT2D eigenvalue weighted by atomic mass is 79.9. The maximum Gasteiger partial charge on any atom is 0.251 e. The van der Waals surface area contributed by atoms with E-state index in [0.29, 0.717) is 29.1 Å². The number of morpholine rings is 1. The molecular formula is C21H29BrN2O4S. The Bertz CT molecular complexity index is 922. The fourth-order valence-electron chi connectivity index (χ4n) is 5.62. The fraction of sp³-hybridized carbons (Fsp3) is 0.667. The van der Waals surface area contributed by atoms with Crippen LogP contribution in [0.2, 0.25) is 0 Å². The lowest BCUT2D eigenvalue weighted by molar-refractivity contribution is 0.0737. The second-order valence-electron chi connectivity index (χ2n) is 9.52. The number of carbonyl (C=O) groups is 1. The van der Waals surface area contributed by atoms with Crippen molar-refractivity contribution in [2.75, 3.05) is 19.7 Å². The van der Waals surface area contributed by atoms with Gasteiger partial charge in [-0.25, -0.2) is 8.42 Å². The van der Waals surface area contributed by atoms with Crippen molar-refractivity contribution in [3.8, 4) is 0 Å². The molecule has 1 amide bonds. The molecule has 6 nitrogen and oxygen atoms in total. The Morgan fingerprint density at radius 2 is 2.07 bits per heavy atom. The van der Waals surface area contributed by atoms with E-state index in [4.69, 9.17) is 4.74 Å². The Labute approximate surface area is 181 Å². The smallest absolute Gasteiger partial charge is 0.251 e. The topological polar surface area (TPSA) is 84.5 Å². The van der Waals surface area contributed by atoms with Crippen molar-refractivity contribution in [3.05, 3.63) is 28.2 Å². The van der Waals surface area contributed by atoms with Crippen LogP contribution in [0.25, 0.3) is 0 Å². The van der Waals surface area contributed by atoms with Crippen LogP contribution in [0.5, 0.6) is 0 Å². The van der Waals surface area contributed by atoms with E-state index < -0.39 is 15.3 Å². The number of carbonyl (C=O) groups excluding carboxylic acids is 1. The van der Waals surface area contributed by atoms with Crippen LogP contribution in [0, 0.1) is 16.7 Å². The minimum atomic E-state index is -3.73. The van der Waals surface area contributed by atoms with Crippen molar-refractivity contribution in [1.29, 1.82) is 0 Å². The van der Waals surface area contributed by atoms with Gasteiger partial charge in [-0.3, -0.25) is 4.79 Å². The van der Waals surface area contributed by atoms with Gasteiger partial charge in [0.2, 0.25) is 9.84 Å². The van der Waals surface area contributed by atoms with Crippen LogP contribution < -0.4 is 10.6 Å². The lowest BCUT2D eigenvalue weighted by Gasteiger charge is -2.43. The van der Waals surface area contributed by atoms with Gasteiger partial charge in [0.15, 0.2) is 5.44 Å². The zero-order valence-electron chi connectivity index (χ0n) is 17.1. The van der Waals surface area contributed by atoms with Gasteiger partial charge in [-0.05, 0) is 70.1 Å². The average Bonchev–Trinajstić information content (AvgIpc) is 3.17. The van der Waals surface area contributed by atoms with Gasteiger partial charge < -0.3 is 15.4 Å². The van der Waals surface area contributed by atoms with Crippen molar-refractivity contribution in [2.24, 2.45) is 16.7 Å². The second-order valence-corrected chi connectivity index (χ2v) is 12.4. The molecule has 160 valence electrons. The molecule has 0 radical (unpaired) electrons. The SMILES string of the molecule is CC1(C)C(NC(=O)c2ccc(Br)c(S(=O)(=O)C3CNCCO3)c2)[C@@]2(C)CC[C@@H]1C2. The van der Waals surface area contributed by atoms with Gasteiger partial charge in [0, 0.05) is 29.2 Å². The summed E-state index contributed by atoms with van der Waals surface area (Å²) >= 11 is 3.34. The first-order valence-corrected chi connectivity index (χ1v) is 12.6. The van der Waals surface area contributed by atoms with Crippen molar-refractivity contribution < 1.29 is 17.9 Å². The van der Waals surface area contributed by atoms with Gasteiger partial charge >= 0.3 is 0 Å². The third-order valence-electron chi connectivity index (χ3n) is 7.28. The third-order valence-corrected chi connectivity index (χ3v) is 10.2. The number of ether oxygens (including phenoxy) is 1. The molecule has 1 heterocycles. The summed E-state index contributed by atoms with van der Waals surface area (Å²) in [5.41, 5.74) is -0.448. The van der Waals surface area contributed by atoms with Crippen molar-refractivity contribution in [2.45, 2.75) is 56.4 Å². The van der Waals surface area contributed by atoms with Gasteiger partial charge in [-0.2, -0.15) is 0 Å². The number of benzene rings is 1. The number of fused-ring (bicyclic) bond motifs is 2. The third kappa shape index (κ3) is 3.56. The summed E-state index contributed by atoms with van der Waals surface area (Å²) in [6, 6.07) is 4.85. The molecule has 1 aromatic carbocycles. The maximum absolute atomic E-state index is 13.1. The molecule has 8 heteroatoms. The predicted molar refractivity (Wildman–Crippen MR) is 114 cm³/mol. The number of hydrogen-bond donors (Lipinski definition) is 2. The van der Waals surface area contributed by atoms with E-state index in [1.807, 2.05) is 0 Å². The first-order chi connectivity index (χ1) is 13.6. The maximum atomic E-state index is 13.1. The van der Waals surface area contributed by atoms with E-state index in [-0.39, 0.29) is 34.2 Å². The molecule has 1 aliphatic heterocycles. The standard InChI is InChI=1S/C21H29BrN2O4S/c1-20(2)14-6-7-21(3,11-14)19(20)24-18(25)13-4-5-15(22)16(10-13)29(26,27)17-12-23-8-9-28-17/h4-5,10,14,17,19,23H,6-9,11-12H2,1-3H3,(H,24,25)/t14-,17?,19?,21+/m1/s1. The Morgan fingerprint density at radius 3 is 2.69 bits per heavy atom. The number of sulfone groups is 1. The highest BCUT2D eigenvalue weighted by Crippen LogP contribution is 2.62. The van der Waals surface area contributed by atoms with Crippen LogP contribution in [0.4, 0.5) is 0 Å².